The van der Waals surface area contributed by atoms with Crippen LogP contribution in [0.15, 0.2) is 4.42 Å². The van der Waals surface area contributed by atoms with E-state index >= 15 is 0 Å². The summed E-state index contributed by atoms with van der Waals surface area (Å²) in [7, 11) is 3.62. The first-order valence-corrected chi connectivity index (χ1v) is 5.97. The van der Waals surface area contributed by atoms with Crippen molar-refractivity contribution in [2.45, 2.75) is 25.9 Å². The van der Waals surface area contributed by atoms with Crippen molar-refractivity contribution in [1.82, 2.24) is 20.4 Å². The molecule has 1 aromatic heterocycles. The van der Waals surface area contributed by atoms with E-state index in [4.69, 9.17) is 4.42 Å². The van der Waals surface area contributed by atoms with Crippen LogP contribution >= 0.6 is 0 Å². The van der Waals surface area contributed by atoms with E-state index in [9.17, 15) is 4.79 Å². The number of nitrogens with one attached hydrogen (secondary N) is 1. The molecule has 0 radical (unpaired) electrons. The molecule has 7 nitrogen and oxygen atoms in total. The average Bonchev–Trinajstić information content (AvgIpc) is 2.75. The summed E-state index contributed by atoms with van der Waals surface area (Å²) in [6, 6.07) is 0.409. The van der Waals surface area contributed by atoms with Crippen LogP contribution in [0.4, 0.5) is 6.01 Å². The zero-order valence-electron chi connectivity index (χ0n) is 11.2. The van der Waals surface area contributed by atoms with E-state index in [1.54, 1.807) is 4.90 Å². The molecule has 0 atom stereocenters. The lowest BCUT2D eigenvalue weighted by Crippen LogP contribution is -2.62. The number of nitrogens with zero attached hydrogens (tertiary/aromatic N) is 4. The maximum absolute atomic E-state index is 12.1. The number of aromatic nitrogens is 2. The molecule has 0 saturated carbocycles. The van der Waals surface area contributed by atoms with Gasteiger partial charge in [0.2, 0.25) is 11.8 Å². The molecule has 1 aliphatic rings. The Kier molecular flexibility index (Phi) is 3.25. The Balaban J connectivity index is 2.23. The van der Waals surface area contributed by atoms with Crippen molar-refractivity contribution in [2.75, 3.05) is 32.1 Å². The highest BCUT2D eigenvalue weighted by molar-refractivity contribution is 5.89. The zero-order chi connectivity index (χ0) is 13.3. The van der Waals surface area contributed by atoms with Crippen LogP contribution in [0.25, 0.3) is 0 Å². The number of hydrogen-bond acceptors (Lipinski definition) is 6. The van der Waals surface area contributed by atoms with Gasteiger partial charge in [-0.25, -0.2) is 0 Å². The van der Waals surface area contributed by atoms with E-state index in [-0.39, 0.29) is 5.91 Å². The van der Waals surface area contributed by atoms with Gasteiger partial charge in [-0.15, -0.1) is 5.10 Å². The van der Waals surface area contributed by atoms with Crippen molar-refractivity contribution in [2.24, 2.45) is 0 Å². The second-order valence-electron chi connectivity index (χ2n) is 4.95. The first-order valence-electron chi connectivity index (χ1n) is 5.97. The van der Waals surface area contributed by atoms with Gasteiger partial charge in [0.15, 0.2) is 0 Å². The van der Waals surface area contributed by atoms with Crippen LogP contribution in [0.2, 0.25) is 0 Å². The van der Waals surface area contributed by atoms with Crippen molar-refractivity contribution >= 4 is 11.9 Å². The number of carbonyl (C=O) groups is 1. The summed E-state index contributed by atoms with van der Waals surface area (Å²) in [5.74, 6) is 0.580. The van der Waals surface area contributed by atoms with Crippen LogP contribution in [-0.2, 0) is 11.3 Å². The molecule has 1 amide bonds. The fourth-order valence-corrected chi connectivity index (χ4v) is 2.12. The van der Waals surface area contributed by atoms with Gasteiger partial charge in [0, 0.05) is 20.1 Å². The first-order chi connectivity index (χ1) is 8.46. The Morgan fingerprint density at radius 2 is 2.11 bits per heavy atom. The van der Waals surface area contributed by atoms with E-state index in [1.165, 1.54) is 0 Å². The fraction of sp³-hybridized carbons (Fsp3) is 0.727. The number of hydrogen-bond donors (Lipinski definition) is 1. The predicted molar refractivity (Wildman–Crippen MR) is 66.1 cm³/mol. The Morgan fingerprint density at radius 3 is 2.78 bits per heavy atom. The van der Waals surface area contributed by atoms with E-state index in [0.717, 1.165) is 0 Å². The highest BCUT2D eigenvalue weighted by Crippen LogP contribution is 2.27. The molecule has 0 aliphatic carbocycles. The summed E-state index contributed by atoms with van der Waals surface area (Å²) >= 11 is 0. The summed E-state index contributed by atoms with van der Waals surface area (Å²) in [5.41, 5.74) is -0.656. The van der Waals surface area contributed by atoms with Crippen molar-refractivity contribution < 1.29 is 9.21 Å². The molecule has 0 aromatic carbocycles. The number of amides is 1. The van der Waals surface area contributed by atoms with Crippen molar-refractivity contribution in [1.29, 1.82) is 0 Å². The van der Waals surface area contributed by atoms with E-state index < -0.39 is 5.54 Å². The molecule has 0 bridgehead atoms. The minimum Gasteiger partial charge on any atom is -0.407 e. The van der Waals surface area contributed by atoms with Gasteiger partial charge in [-0.1, -0.05) is 5.10 Å². The third-order valence-corrected chi connectivity index (χ3v) is 3.22. The van der Waals surface area contributed by atoms with Gasteiger partial charge >= 0.3 is 6.01 Å². The molecule has 18 heavy (non-hydrogen) atoms. The SMILES string of the molecule is CNCc1nnc(N2CCN(C)C(=O)C2(C)C)o1. The van der Waals surface area contributed by atoms with Crippen LogP contribution in [-0.4, -0.2) is 53.7 Å². The van der Waals surface area contributed by atoms with Crippen LogP contribution in [0.1, 0.15) is 19.7 Å². The summed E-state index contributed by atoms with van der Waals surface area (Å²) < 4.78 is 5.55. The van der Waals surface area contributed by atoms with Gasteiger partial charge in [0.25, 0.3) is 0 Å². The Labute approximate surface area is 106 Å². The number of carbonyl (C=O) groups excluding carboxylic acids is 1. The third kappa shape index (κ3) is 2.05. The van der Waals surface area contributed by atoms with Gasteiger partial charge in [0.05, 0.1) is 6.54 Å². The van der Waals surface area contributed by atoms with Crippen molar-refractivity contribution in [3.05, 3.63) is 5.89 Å². The minimum absolute atomic E-state index is 0.0575. The average molecular weight is 253 g/mol. The second-order valence-corrected chi connectivity index (χ2v) is 4.95. The minimum atomic E-state index is -0.656. The van der Waals surface area contributed by atoms with E-state index in [0.29, 0.717) is 31.5 Å². The molecule has 1 aromatic rings. The van der Waals surface area contributed by atoms with Crippen LogP contribution < -0.4 is 10.2 Å². The molecule has 1 N–H and O–H groups in total. The molecular formula is C11H19N5O2. The number of rotatable bonds is 3. The summed E-state index contributed by atoms with van der Waals surface area (Å²) in [5, 5.41) is 10.9. The molecular weight excluding hydrogens is 234 g/mol. The summed E-state index contributed by atoms with van der Waals surface area (Å²) in [6.45, 7) is 5.61. The molecule has 1 saturated heterocycles. The van der Waals surface area contributed by atoms with Gasteiger partial charge < -0.3 is 19.5 Å². The van der Waals surface area contributed by atoms with Crippen LogP contribution in [0.5, 0.6) is 0 Å². The smallest absolute Gasteiger partial charge is 0.319 e. The Morgan fingerprint density at radius 1 is 1.39 bits per heavy atom. The zero-order valence-corrected chi connectivity index (χ0v) is 11.2. The number of likely N-dealkylation sites (N-methyl/N-ethyl adjacent to an activating group) is 1. The Bertz CT molecular complexity index is 442. The molecule has 1 fully saturated rings. The lowest BCUT2D eigenvalue weighted by Gasteiger charge is -2.43. The molecule has 2 rings (SSSR count). The summed E-state index contributed by atoms with van der Waals surface area (Å²) in [6.07, 6.45) is 0. The topological polar surface area (TPSA) is 74.5 Å². The predicted octanol–water partition coefficient (Wildman–Crippen LogP) is -0.154. The normalized spacial score (nSPS) is 19.4. The molecule has 0 unspecified atom stereocenters. The maximum atomic E-state index is 12.1. The van der Waals surface area contributed by atoms with E-state index in [1.807, 2.05) is 32.8 Å². The lowest BCUT2D eigenvalue weighted by atomic mass is 9.98. The fourth-order valence-electron chi connectivity index (χ4n) is 2.12. The Hall–Kier alpha value is -1.63. The molecule has 7 heteroatoms. The first kappa shape index (κ1) is 12.8. The van der Waals surface area contributed by atoms with Crippen molar-refractivity contribution in [3.63, 3.8) is 0 Å². The quantitative estimate of drug-likeness (QED) is 0.807. The van der Waals surface area contributed by atoms with E-state index in [2.05, 4.69) is 15.5 Å². The van der Waals surface area contributed by atoms with Gasteiger partial charge in [-0.05, 0) is 20.9 Å². The third-order valence-electron chi connectivity index (χ3n) is 3.22. The maximum Gasteiger partial charge on any atom is 0.319 e. The van der Waals surface area contributed by atoms with Crippen molar-refractivity contribution in [3.8, 4) is 0 Å². The molecule has 100 valence electrons. The standard InChI is InChI=1S/C11H19N5O2/c1-11(2)9(17)15(4)5-6-16(11)10-14-13-8(18-10)7-12-3/h12H,5-7H2,1-4H3. The van der Waals surface area contributed by atoms with Crippen LogP contribution in [0.3, 0.4) is 0 Å². The molecule has 0 spiro atoms. The van der Waals surface area contributed by atoms with Crippen LogP contribution in [0, 0.1) is 0 Å². The number of anilines is 1. The molecule has 1 aliphatic heterocycles. The number of piperazine rings is 1. The largest absolute Gasteiger partial charge is 0.407 e. The second kappa shape index (κ2) is 4.56. The molecule has 2 heterocycles. The monoisotopic (exact) mass is 253 g/mol. The summed E-state index contributed by atoms with van der Waals surface area (Å²) in [4.78, 5) is 15.7. The van der Waals surface area contributed by atoms with Gasteiger partial charge in [-0.2, -0.15) is 0 Å². The lowest BCUT2D eigenvalue weighted by molar-refractivity contribution is -0.136. The highest BCUT2D eigenvalue weighted by atomic mass is 16.4. The van der Waals surface area contributed by atoms with Gasteiger partial charge in [0.1, 0.15) is 5.54 Å². The van der Waals surface area contributed by atoms with Gasteiger partial charge in [-0.3, -0.25) is 4.79 Å². The highest BCUT2D eigenvalue weighted by Gasteiger charge is 2.42.